The van der Waals surface area contributed by atoms with E-state index in [1.165, 1.54) is 87.3 Å². The molecule has 19 heteroatoms. The van der Waals surface area contributed by atoms with Gasteiger partial charge in [-0.05, 0) is 72.8 Å². The van der Waals surface area contributed by atoms with Crippen LogP contribution in [-0.2, 0) is 4.79 Å². The zero-order chi connectivity index (χ0) is 41.2. The molecule has 0 atom stereocenters. The third-order valence-corrected chi connectivity index (χ3v) is 7.94. The van der Waals surface area contributed by atoms with Crippen LogP contribution < -0.4 is 40.8 Å². The maximum atomic E-state index is 13.1. The number of rotatable bonds is 14. The first-order valence-electron chi connectivity index (χ1n) is 16.4. The SMILES string of the molecule is COc1ccc(C(=O)Nc2ccc(C(=O)NCC(=O)Nc3ccc(C(=O)Nc4ccc(C(=O)Nc5ccc(C(=O)O)c(O)c5OC)c(O)c4OC)nc3)cc2)nc1. The molecule has 0 unspecified atom stereocenters. The van der Waals surface area contributed by atoms with Crippen LogP contribution in [0.15, 0.2) is 85.2 Å². The molecule has 0 saturated heterocycles. The minimum atomic E-state index is -1.42. The first-order valence-corrected chi connectivity index (χ1v) is 16.4. The Balaban J connectivity index is 1.13. The van der Waals surface area contributed by atoms with Crippen molar-refractivity contribution in [2.45, 2.75) is 0 Å². The van der Waals surface area contributed by atoms with Crippen LogP contribution in [0.3, 0.4) is 0 Å². The molecule has 2 heterocycles. The second kappa shape index (κ2) is 17.7. The smallest absolute Gasteiger partial charge is 0.339 e. The second-order valence-electron chi connectivity index (χ2n) is 11.6. The van der Waals surface area contributed by atoms with E-state index in [4.69, 9.17) is 14.2 Å². The van der Waals surface area contributed by atoms with Crippen LogP contribution >= 0.6 is 0 Å². The highest BCUT2D eigenvalue weighted by Gasteiger charge is 2.24. The Morgan fingerprint density at radius 1 is 0.561 bits per heavy atom. The van der Waals surface area contributed by atoms with Crippen LogP contribution in [-0.4, -0.2) is 88.7 Å². The van der Waals surface area contributed by atoms with E-state index in [2.05, 4.69) is 36.6 Å². The number of anilines is 4. The van der Waals surface area contributed by atoms with Gasteiger partial charge in [0.1, 0.15) is 22.7 Å². The average Bonchev–Trinajstić information content (AvgIpc) is 3.20. The fourth-order valence-electron chi connectivity index (χ4n) is 5.09. The van der Waals surface area contributed by atoms with Gasteiger partial charge in [-0.1, -0.05) is 0 Å². The number of carbonyl (C=O) groups excluding carboxylic acids is 5. The predicted molar refractivity (Wildman–Crippen MR) is 203 cm³/mol. The molecule has 3 aromatic carbocycles. The second-order valence-corrected chi connectivity index (χ2v) is 11.6. The molecule has 0 aliphatic rings. The summed E-state index contributed by atoms with van der Waals surface area (Å²) in [5, 5.41) is 43.0. The number of aromatic nitrogens is 2. The molecule has 2 aromatic heterocycles. The van der Waals surface area contributed by atoms with Crippen molar-refractivity contribution in [3.63, 3.8) is 0 Å². The van der Waals surface area contributed by atoms with Gasteiger partial charge in [0.2, 0.25) is 5.91 Å². The number of aromatic carboxylic acids is 1. The number of nitrogens with one attached hydrogen (secondary N) is 5. The molecular weight excluding hydrogens is 746 g/mol. The van der Waals surface area contributed by atoms with Gasteiger partial charge >= 0.3 is 5.97 Å². The Hall–Kier alpha value is -8.22. The lowest BCUT2D eigenvalue weighted by Crippen LogP contribution is -2.32. The Kier molecular flexibility index (Phi) is 12.4. The van der Waals surface area contributed by atoms with Crippen LogP contribution in [0.5, 0.6) is 28.7 Å². The van der Waals surface area contributed by atoms with Crippen LogP contribution in [0.4, 0.5) is 22.7 Å². The van der Waals surface area contributed by atoms with Crippen molar-refractivity contribution < 1.29 is 58.3 Å². The number of carbonyl (C=O) groups is 6. The summed E-state index contributed by atoms with van der Waals surface area (Å²) < 4.78 is 15.3. The first-order chi connectivity index (χ1) is 27.3. The zero-order valence-corrected chi connectivity index (χ0v) is 30.2. The zero-order valence-electron chi connectivity index (χ0n) is 30.2. The van der Waals surface area contributed by atoms with Crippen molar-refractivity contribution in [1.82, 2.24) is 15.3 Å². The summed E-state index contributed by atoms with van der Waals surface area (Å²) in [7, 11) is 3.84. The number of methoxy groups -OCH3 is 3. The summed E-state index contributed by atoms with van der Waals surface area (Å²) in [6, 6.07) is 16.5. The highest BCUT2D eigenvalue weighted by Crippen LogP contribution is 2.40. The summed E-state index contributed by atoms with van der Waals surface area (Å²) in [6.45, 7) is -0.396. The van der Waals surface area contributed by atoms with Crippen molar-refractivity contribution in [1.29, 1.82) is 0 Å². The fraction of sp³-hybridized carbons (Fsp3) is 0.105. The van der Waals surface area contributed by atoms with Gasteiger partial charge in [0, 0.05) is 11.3 Å². The largest absolute Gasteiger partial charge is 0.504 e. The van der Waals surface area contributed by atoms with E-state index in [-0.39, 0.29) is 51.1 Å². The molecule has 5 amide bonds. The van der Waals surface area contributed by atoms with Crippen LogP contribution in [0.2, 0.25) is 0 Å². The third kappa shape index (κ3) is 9.48. The highest BCUT2D eigenvalue weighted by molar-refractivity contribution is 6.10. The molecule has 292 valence electrons. The molecule has 0 spiro atoms. The van der Waals surface area contributed by atoms with E-state index in [1.54, 1.807) is 6.07 Å². The summed E-state index contributed by atoms with van der Waals surface area (Å²) in [4.78, 5) is 83.0. The maximum Gasteiger partial charge on any atom is 0.339 e. The lowest BCUT2D eigenvalue weighted by atomic mass is 10.1. The van der Waals surface area contributed by atoms with E-state index >= 15 is 0 Å². The maximum absolute atomic E-state index is 13.1. The van der Waals surface area contributed by atoms with Gasteiger partial charge in [-0.3, -0.25) is 24.0 Å². The predicted octanol–water partition coefficient (Wildman–Crippen LogP) is 3.74. The standard InChI is InChI=1S/C38H33N7O12/c1-55-22-9-13-28(40-17-22)36(51)43-20-6-4-19(5-7-20)34(49)41-18-29(46)42-21-8-12-27(39-16-21)37(52)45-26-14-10-23(30(47)32(26)56-2)35(50)44-25-15-11-24(38(53)54)31(48)33(25)57-3/h4-17,47-48H,18H2,1-3H3,(H,41,49)(H,42,46)(H,43,51)(H,44,50)(H,45,52)(H,53,54). The molecule has 0 aliphatic heterocycles. The van der Waals surface area contributed by atoms with Gasteiger partial charge in [0.05, 0.1) is 62.9 Å². The van der Waals surface area contributed by atoms with Crippen LogP contribution in [0.25, 0.3) is 0 Å². The average molecular weight is 780 g/mol. The van der Waals surface area contributed by atoms with E-state index < -0.39 is 59.1 Å². The lowest BCUT2D eigenvalue weighted by Gasteiger charge is -2.16. The third-order valence-electron chi connectivity index (χ3n) is 7.94. The van der Waals surface area contributed by atoms with Crippen LogP contribution in [0.1, 0.15) is 52.1 Å². The number of hydrogen-bond donors (Lipinski definition) is 8. The number of amides is 5. The van der Waals surface area contributed by atoms with Gasteiger partial charge in [-0.15, -0.1) is 0 Å². The number of pyridine rings is 2. The molecule has 19 nitrogen and oxygen atoms in total. The van der Waals surface area contributed by atoms with E-state index in [0.717, 1.165) is 13.2 Å². The number of carboxylic acid groups (broad SMARTS) is 1. The van der Waals surface area contributed by atoms with Crippen molar-refractivity contribution in [2.75, 3.05) is 49.1 Å². The van der Waals surface area contributed by atoms with E-state index in [1.807, 2.05) is 0 Å². The molecule has 0 bridgehead atoms. The van der Waals surface area contributed by atoms with E-state index in [9.17, 15) is 44.1 Å². The van der Waals surface area contributed by atoms with Gasteiger partial charge < -0.3 is 56.1 Å². The Bertz CT molecular complexity index is 2350. The number of nitrogens with zero attached hydrogens (tertiary/aromatic N) is 2. The van der Waals surface area contributed by atoms with Crippen molar-refractivity contribution in [3.8, 4) is 28.7 Å². The molecule has 5 rings (SSSR count). The fourth-order valence-corrected chi connectivity index (χ4v) is 5.09. The topological polar surface area (TPSA) is 277 Å². The number of phenols is 2. The summed E-state index contributed by atoms with van der Waals surface area (Å²) in [5.74, 6) is -6.10. The molecule has 57 heavy (non-hydrogen) atoms. The monoisotopic (exact) mass is 779 g/mol. The Morgan fingerprint density at radius 3 is 1.65 bits per heavy atom. The summed E-state index contributed by atoms with van der Waals surface area (Å²) in [5.41, 5.74) is 0.0563. The first kappa shape index (κ1) is 40.0. The summed E-state index contributed by atoms with van der Waals surface area (Å²) in [6.07, 6.45) is 2.62. The van der Waals surface area contributed by atoms with Gasteiger partial charge in [-0.2, -0.15) is 0 Å². The molecular formula is C38H33N7O12. The van der Waals surface area contributed by atoms with E-state index in [0.29, 0.717) is 11.4 Å². The van der Waals surface area contributed by atoms with Crippen LogP contribution in [0, 0.1) is 0 Å². The Morgan fingerprint density at radius 2 is 1.11 bits per heavy atom. The normalized spacial score (nSPS) is 10.4. The number of benzene rings is 3. The molecule has 5 aromatic rings. The number of aromatic hydroxyl groups is 2. The summed E-state index contributed by atoms with van der Waals surface area (Å²) >= 11 is 0. The van der Waals surface area contributed by atoms with Crippen molar-refractivity contribution in [3.05, 3.63) is 113 Å². The molecule has 0 aliphatic carbocycles. The minimum Gasteiger partial charge on any atom is -0.504 e. The molecule has 0 saturated carbocycles. The highest BCUT2D eigenvalue weighted by atomic mass is 16.5. The molecule has 8 N–H and O–H groups in total. The van der Waals surface area contributed by atoms with Gasteiger partial charge in [-0.25, -0.2) is 14.8 Å². The number of hydrogen-bond acceptors (Lipinski definition) is 13. The Labute approximate surface area is 322 Å². The quantitative estimate of drug-likeness (QED) is 0.0798. The van der Waals surface area contributed by atoms with Crippen molar-refractivity contribution in [2.24, 2.45) is 0 Å². The molecule has 0 radical (unpaired) electrons. The molecule has 0 fully saturated rings. The number of ether oxygens (including phenoxy) is 3. The van der Waals surface area contributed by atoms with Gasteiger partial charge in [0.25, 0.3) is 23.6 Å². The van der Waals surface area contributed by atoms with Gasteiger partial charge in [0.15, 0.2) is 23.0 Å². The lowest BCUT2D eigenvalue weighted by molar-refractivity contribution is -0.115. The minimum absolute atomic E-state index is 0.0299. The van der Waals surface area contributed by atoms with Crippen molar-refractivity contribution >= 4 is 58.3 Å². The number of phenolic OH excluding ortho intramolecular Hbond substituents is 1. The number of carboxylic acids is 1.